The van der Waals surface area contributed by atoms with Crippen molar-refractivity contribution >= 4 is 0 Å². The maximum absolute atomic E-state index is 5.47. The van der Waals surface area contributed by atoms with Gasteiger partial charge in [0.25, 0.3) is 0 Å². The molecule has 19 heavy (non-hydrogen) atoms. The summed E-state index contributed by atoms with van der Waals surface area (Å²) in [5, 5.41) is 3.45. The molecule has 1 saturated carbocycles. The van der Waals surface area contributed by atoms with Crippen molar-refractivity contribution in [2.45, 2.75) is 38.1 Å². The van der Waals surface area contributed by atoms with Crippen LogP contribution in [-0.4, -0.2) is 7.05 Å². The number of furan rings is 1. The van der Waals surface area contributed by atoms with Gasteiger partial charge in [-0.2, -0.15) is 0 Å². The highest BCUT2D eigenvalue weighted by atomic mass is 16.3. The highest BCUT2D eigenvalue weighted by Gasteiger charge is 2.26. The molecule has 1 fully saturated rings. The van der Waals surface area contributed by atoms with E-state index in [1.165, 1.54) is 36.0 Å². The second kappa shape index (κ2) is 5.22. The summed E-state index contributed by atoms with van der Waals surface area (Å²) < 4.78 is 5.47. The Morgan fingerprint density at radius 2 is 1.95 bits per heavy atom. The Balaban J connectivity index is 2.02. The topological polar surface area (TPSA) is 25.2 Å². The van der Waals surface area contributed by atoms with Crippen LogP contribution in [0.25, 0.3) is 0 Å². The second-order valence-corrected chi connectivity index (χ2v) is 5.41. The van der Waals surface area contributed by atoms with Crippen molar-refractivity contribution < 1.29 is 4.42 Å². The minimum absolute atomic E-state index is 0.232. The van der Waals surface area contributed by atoms with Crippen molar-refractivity contribution in [3.8, 4) is 0 Å². The van der Waals surface area contributed by atoms with Crippen LogP contribution in [0.4, 0.5) is 0 Å². The third kappa shape index (κ3) is 2.21. The third-order valence-corrected chi connectivity index (χ3v) is 4.35. The summed E-state index contributed by atoms with van der Waals surface area (Å²) in [7, 11) is 2.02. The van der Waals surface area contributed by atoms with Crippen molar-refractivity contribution in [2.75, 3.05) is 7.05 Å². The first-order chi connectivity index (χ1) is 9.31. The van der Waals surface area contributed by atoms with E-state index in [-0.39, 0.29) is 6.04 Å². The molecule has 2 nitrogen and oxygen atoms in total. The van der Waals surface area contributed by atoms with Crippen molar-refractivity contribution in [2.24, 2.45) is 0 Å². The van der Waals surface area contributed by atoms with Gasteiger partial charge in [0.15, 0.2) is 0 Å². The minimum Gasteiger partial charge on any atom is -0.469 e. The molecule has 1 unspecified atom stereocenters. The van der Waals surface area contributed by atoms with Gasteiger partial charge in [-0.1, -0.05) is 30.7 Å². The van der Waals surface area contributed by atoms with E-state index in [1.807, 2.05) is 14.0 Å². The Kier molecular flexibility index (Phi) is 3.43. The zero-order chi connectivity index (χ0) is 13.2. The number of benzene rings is 1. The van der Waals surface area contributed by atoms with E-state index >= 15 is 0 Å². The molecule has 1 heterocycles. The van der Waals surface area contributed by atoms with Crippen LogP contribution in [0, 0.1) is 6.92 Å². The smallest absolute Gasteiger partial charge is 0.105 e. The van der Waals surface area contributed by atoms with Gasteiger partial charge in [0.05, 0.1) is 12.3 Å². The molecule has 2 aromatic rings. The first-order valence-electron chi connectivity index (χ1n) is 7.11. The van der Waals surface area contributed by atoms with Gasteiger partial charge in [0, 0.05) is 5.56 Å². The van der Waals surface area contributed by atoms with Gasteiger partial charge in [0.1, 0.15) is 5.76 Å². The lowest BCUT2D eigenvalue weighted by atomic mass is 9.76. The first kappa shape index (κ1) is 12.5. The van der Waals surface area contributed by atoms with E-state index in [1.54, 1.807) is 6.26 Å². The third-order valence-electron chi connectivity index (χ3n) is 4.35. The highest BCUT2D eigenvalue weighted by molar-refractivity contribution is 5.40. The molecule has 1 aliphatic rings. The molecule has 0 bridgehead atoms. The number of nitrogens with one attached hydrogen (secondary N) is 1. The molecule has 1 aromatic heterocycles. The maximum Gasteiger partial charge on any atom is 0.105 e. The molecule has 0 saturated heterocycles. The van der Waals surface area contributed by atoms with Gasteiger partial charge in [-0.25, -0.2) is 0 Å². The normalized spacial score (nSPS) is 17.2. The number of hydrogen-bond donors (Lipinski definition) is 1. The van der Waals surface area contributed by atoms with Crippen molar-refractivity contribution in [1.82, 2.24) is 5.32 Å². The van der Waals surface area contributed by atoms with E-state index in [0.29, 0.717) is 0 Å². The fourth-order valence-electron chi connectivity index (χ4n) is 3.04. The van der Waals surface area contributed by atoms with E-state index in [4.69, 9.17) is 4.42 Å². The Bertz CT molecular complexity index is 554. The Labute approximate surface area is 114 Å². The van der Waals surface area contributed by atoms with Crippen LogP contribution < -0.4 is 5.32 Å². The SMILES string of the molecule is CNC(c1ccccc1C1CCC1)c1ccoc1C. The summed E-state index contributed by atoms with van der Waals surface area (Å²) in [6.07, 6.45) is 5.81. The molecule has 1 aliphatic carbocycles. The van der Waals surface area contributed by atoms with Crippen LogP contribution in [0.2, 0.25) is 0 Å². The maximum atomic E-state index is 5.47. The van der Waals surface area contributed by atoms with Gasteiger partial charge in [-0.3, -0.25) is 0 Å². The number of rotatable bonds is 4. The van der Waals surface area contributed by atoms with Crippen LogP contribution in [-0.2, 0) is 0 Å². The molecule has 3 rings (SSSR count). The lowest BCUT2D eigenvalue weighted by molar-refractivity contribution is 0.414. The summed E-state index contributed by atoms with van der Waals surface area (Å²) in [6.45, 7) is 2.03. The molecule has 0 aliphatic heterocycles. The summed E-state index contributed by atoms with van der Waals surface area (Å²) in [4.78, 5) is 0. The Morgan fingerprint density at radius 1 is 1.16 bits per heavy atom. The standard InChI is InChI=1S/C17H21NO/c1-12-14(10-11-19-12)17(18-2)16-9-4-3-8-15(16)13-6-5-7-13/h3-4,8-11,13,17-18H,5-7H2,1-2H3. The predicted octanol–water partition coefficient (Wildman–Crippen LogP) is 4.16. The molecule has 1 atom stereocenters. The predicted molar refractivity (Wildman–Crippen MR) is 77.4 cm³/mol. The van der Waals surface area contributed by atoms with Crippen LogP contribution in [0.15, 0.2) is 41.0 Å². The van der Waals surface area contributed by atoms with Crippen LogP contribution >= 0.6 is 0 Å². The van der Waals surface area contributed by atoms with E-state index < -0.39 is 0 Å². The van der Waals surface area contributed by atoms with Gasteiger partial charge in [0.2, 0.25) is 0 Å². The summed E-state index contributed by atoms with van der Waals surface area (Å²) in [5.41, 5.74) is 4.15. The zero-order valence-corrected chi connectivity index (χ0v) is 11.6. The Hall–Kier alpha value is -1.54. The lowest BCUT2D eigenvalue weighted by Gasteiger charge is -2.30. The lowest BCUT2D eigenvalue weighted by Crippen LogP contribution is -2.21. The quantitative estimate of drug-likeness (QED) is 0.887. The molecule has 0 radical (unpaired) electrons. The molecule has 0 spiro atoms. The molecular formula is C17H21NO. The molecular weight excluding hydrogens is 234 g/mol. The Morgan fingerprint density at radius 3 is 2.53 bits per heavy atom. The molecule has 0 amide bonds. The largest absolute Gasteiger partial charge is 0.469 e. The first-order valence-corrected chi connectivity index (χ1v) is 7.11. The summed E-state index contributed by atoms with van der Waals surface area (Å²) in [6, 6.07) is 11.1. The van der Waals surface area contributed by atoms with E-state index in [0.717, 1.165) is 11.7 Å². The molecule has 2 heteroatoms. The average Bonchev–Trinajstić information content (AvgIpc) is 2.77. The number of hydrogen-bond acceptors (Lipinski definition) is 2. The zero-order valence-electron chi connectivity index (χ0n) is 11.6. The number of aryl methyl sites for hydroxylation is 1. The molecule has 1 N–H and O–H groups in total. The van der Waals surface area contributed by atoms with Gasteiger partial charge in [-0.15, -0.1) is 0 Å². The second-order valence-electron chi connectivity index (χ2n) is 5.41. The van der Waals surface area contributed by atoms with E-state index in [9.17, 15) is 0 Å². The van der Waals surface area contributed by atoms with Gasteiger partial charge >= 0.3 is 0 Å². The van der Waals surface area contributed by atoms with Gasteiger partial charge in [-0.05, 0) is 49.9 Å². The summed E-state index contributed by atoms with van der Waals surface area (Å²) in [5.74, 6) is 1.75. The van der Waals surface area contributed by atoms with Crippen LogP contribution in [0.5, 0.6) is 0 Å². The minimum atomic E-state index is 0.232. The monoisotopic (exact) mass is 255 g/mol. The highest BCUT2D eigenvalue weighted by Crippen LogP contribution is 2.40. The summed E-state index contributed by atoms with van der Waals surface area (Å²) >= 11 is 0. The van der Waals surface area contributed by atoms with Crippen LogP contribution in [0.3, 0.4) is 0 Å². The fraction of sp³-hybridized carbons (Fsp3) is 0.412. The van der Waals surface area contributed by atoms with Crippen molar-refractivity contribution in [3.63, 3.8) is 0 Å². The fourth-order valence-corrected chi connectivity index (χ4v) is 3.04. The van der Waals surface area contributed by atoms with Crippen molar-refractivity contribution in [3.05, 3.63) is 59.0 Å². The van der Waals surface area contributed by atoms with Crippen LogP contribution in [0.1, 0.15) is 53.7 Å². The van der Waals surface area contributed by atoms with Gasteiger partial charge < -0.3 is 9.73 Å². The van der Waals surface area contributed by atoms with E-state index in [2.05, 4.69) is 35.6 Å². The average molecular weight is 255 g/mol. The molecule has 1 aromatic carbocycles. The molecule has 100 valence electrons. The van der Waals surface area contributed by atoms with Crippen molar-refractivity contribution in [1.29, 1.82) is 0 Å².